The molecule has 0 aliphatic carbocycles. The average Bonchev–Trinajstić information content (AvgIpc) is 3.21. The quantitative estimate of drug-likeness (QED) is 0.400. The topological polar surface area (TPSA) is 77.2 Å². The van der Waals surface area contributed by atoms with Crippen LogP contribution in [0.1, 0.15) is 10.4 Å². The molecule has 0 radical (unpaired) electrons. The number of urea groups is 1. The maximum Gasteiger partial charge on any atom is 0.323 e. The highest BCUT2D eigenvalue weighted by Crippen LogP contribution is 2.37. The maximum atomic E-state index is 13.0. The smallest absolute Gasteiger partial charge is 0.323 e. The van der Waals surface area contributed by atoms with Crippen LogP contribution >= 0.6 is 11.8 Å². The van der Waals surface area contributed by atoms with Gasteiger partial charge in [-0.05, 0) is 36.4 Å². The van der Waals surface area contributed by atoms with Crippen LogP contribution in [-0.2, 0) is 0 Å². The number of thioether (sulfide) groups is 1. The number of H-pyrrole nitrogens is 1. The van der Waals surface area contributed by atoms with Gasteiger partial charge in [-0.15, -0.1) is 11.8 Å². The molecule has 1 aromatic heterocycles. The number of aromatic amines is 1. The van der Waals surface area contributed by atoms with E-state index in [0.717, 1.165) is 27.2 Å². The number of carbonyl (C=O) groups is 2. The third kappa shape index (κ3) is 3.87. The summed E-state index contributed by atoms with van der Waals surface area (Å²) >= 11 is 1.71. The van der Waals surface area contributed by atoms with E-state index in [1.807, 2.05) is 72.8 Å². The lowest BCUT2D eigenvalue weighted by Gasteiger charge is -2.29. The molecule has 0 bridgehead atoms. The van der Waals surface area contributed by atoms with Crippen molar-refractivity contribution in [2.45, 2.75) is 4.90 Å². The molecule has 0 spiro atoms. The first-order valence-electron chi connectivity index (χ1n) is 9.97. The Morgan fingerprint density at radius 2 is 1.74 bits per heavy atom. The molecule has 31 heavy (non-hydrogen) atoms. The molecular formula is C24H20N4O2S. The number of hydrogen-bond acceptors (Lipinski definition) is 3. The zero-order valence-electron chi connectivity index (χ0n) is 16.6. The Hall–Kier alpha value is -3.71. The summed E-state index contributed by atoms with van der Waals surface area (Å²) in [5.74, 6) is 0.793. The molecule has 7 heteroatoms. The number of aromatic nitrogens is 1. The lowest BCUT2D eigenvalue weighted by Crippen LogP contribution is -2.35. The van der Waals surface area contributed by atoms with Crippen LogP contribution in [0, 0.1) is 0 Å². The van der Waals surface area contributed by atoms with Crippen LogP contribution in [-0.4, -0.2) is 29.2 Å². The van der Waals surface area contributed by atoms with E-state index in [1.165, 1.54) is 0 Å². The highest BCUT2D eigenvalue weighted by molar-refractivity contribution is 7.99. The molecule has 0 atom stereocenters. The fraction of sp³-hybridized carbons (Fsp3) is 0.0833. The van der Waals surface area contributed by atoms with E-state index >= 15 is 0 Å². The van der Waals surface area contributed by atoms with Crippen molar-refractivity contribution in [1.82, 2.24) is 4.98 Å². The minimum absolute atomic E-state index is 0.0393. The van der Waals surface area contributed by atoms with E-state index in [0.29, 0.717) is 23.5 Å². The van der Waals surface area contributed by atoms with Crippen molar-refractivity contribution in [2.24, 2.45) is 0 Å². The van der Waals surface area contributed by atoms with Crippen molar-refractivity contribution in [1.29, 1.82) is 0 Å². The Bertz CT molecular complexity index is 1270. The second-order valence-corrected chi connectivity index (χ2v) is 8.32. The van der Waals surface area contributed by atoms with Gasteiger partial charge in [-0.1, -0.05) is 36.4 Å². The van der Waals surface area contributed by atoms with Gasteiger partial charge < -0.3 is 20.5 Å². The first kappa shape index (κ1) is 19.3. The number of para-hydroxylation sites is 1. The summed E-state index contributed by atoms with van der Waals surface area (Å²) in [5.41, 5.74) is 3.76. The Morgan fingerprint density at radius 1 is 0.935 bits per heavy atom. The van der Waals surface area contributed by atoms with Crippen LogP contribution in [0.15, 0.2) is 83.9 Å². The number of amides is 3. The van der Waals surface area contributed by atoms with Crippen molar-refractivity contribution >= 4 is 51.7 Å². The minimum Gasteiger partial charge on any atom is -0.359 e. The number of benzene rings is 3. The molecule has 0 saturated heterocycles. The van der Waals surface area contributed by atoms with E-state index in [9.17, 15) is 9.59 Å². The van der Waals surface area contributed by atoms with Crippen LogP contribution < -0.4 is 15.5 Å². The monoisotopic (exact) mass is 428 g/mol. The number of nitrogens with zero attached hydrogens (tertiary/aromatic N) is 1. The average molecular weight is 429 g/mol. The van der Waals surface area contributed by atoms with E-state index in [-0.39, 0.29) is 11.9 Å². The van der Waals surface area contributed by atoms with Crippen molar-refractivity contribution in [2.75, 3.05) is 27.8 Å². The first-order valence-corrected chi connectivity index (χ1v) is 11.0. The molecule has 5 rings (SSSR count). The molecule has 154 valence electrons. The molecule has 3 N–H and O–H groups in total. The maximum absolute atomic E-state index is 13.0. The van der Waals surface area contributed by atoms with Crippen molar-refractivity contribution in [3.8, 4) is 0 Å². The third-order valence-electron chi connectivity index (χ3n) is 5.18. The van der Waals surface area contributed by atoms with Gasteiger partial charge in [-0.2, -0.15) is 0 Å². The highest BCUT2D eigenvalue weighted by Gasteiger charge is 2.24. The molecule has 1 aliphatic heterocycles. The van der Waals surface area contributed by atoms with Gasteiger partial charge in [0.1, 0.15) is 0 Å². The van der Waals surface area contributed by atoms with Crippen molar-refractivity contribution in [3.05, 3.63) is 84.6 Å². The number of anilines is 3. The standard InChI is InChI=1S/C24H20N4O2S/c29-23(16-6-2-1-3-7-16)28-12-13-31-22-11-10-17(14-21(22)28)26-24(30)27-20-15-25-19-9-5-4-8-18(19)20/h1-11,14-15,25H,12-13H2,(H2,26,27,30). The van der Waals surface area contributed by atoms with Crippen LogP contribution in [0.3, 0.4) is 0 Å². The van der Waals surface area contributed by atoms with Crippen LogP contribution in [0.25, 0.3) is 10.9 Å². The third-order valence-corrected chi connectivity index (χ3v) is 6.23. The second-order valence-electron chi connectivity index (χ2n) is 7.18. The zero-order chi connectivity index (χ0) is 21.2. The van der Waals surface area contributed by atoms with Gasteiger partial charge in [-0.25, -0.2) is 4.79 Å². The molecule has 3 aromatic carbocycles. The molecule has 0 unspecified atom stereocenters. The number of hydrogen-bond donors (Lipinski definition) is 3. The predicted octanol–water partition coefficient (Wildman–Crippen LogP) is 5.56. The minimum atomic E-state index is -0.339. The van der Waals surface area contributed by atoms with Gasteiger partial charge in [0, 0.05) is 45.5 Å². The Kier molecular flexibility index (Phi) is 5.09. The molecule has 3 amide bonds. The second kappa shape index (κ2) is 8.20. The summed E-state index contributed by atoms with van der Waals surface area (Å²) in [6.45, 7) is 0.621. The summed E-state index contributed by atoms with van der Waals surface area (Å²) in [6.07, 6.45) is 1.77. The lowest BCUT2D eigenvalue weighted by atomic mass is 10.1. The summed E-state index contributed by atoms with van der Waals surface area (Å²) in [6, 6.07) is 22.4. The largest absolute Gasteiger partial charge is 0.359 e. The van der Waals surface area contributed by atoms with E-state index in [2.05, 4.69) is 15.6 Å². The van der Waals surface area contributed by atoms with Gasteiger partial charge >= 0.3 is 6.03 Å². The highest BCUT2D eigenvalue weighted by atomic mass is 32.2. The van der Waals surface area contributed by atoms with Gasteiger partial charge in [0.25, 0.3) is 5.91 Å². The SMILES string of the molecule is O=C(Nc1ccc2c(c1)N(C(=O)c1ccccc1)CCS2)Nc1c[nH]c2ccccc12. The van der Waals surface area contributed by atoms with E-state index in [4.69, 9.17) is 0 Å². The summed E-state index contributed by atoms with van der Waals surface area (Å²) in [7, 11) is 0. The lowest BCUT2D eigenvalue weighted by molar-refractivity contribution is 0.0987. The van der Waals surface area contributed by atoms with Crippen LogP contribution in [0.4, 0.5) is 21.9 Å². The van der Waals surface area contributed by atoms with Gasteiger partial charge in [0.05, 0.1) is 11.4 Å². The Morgan fingerprint density at radius 3 is 2.61 bits per heavy atom. The molecule has 2 heterocycles. The fourth-order valence-electron chi connectivity index (χ4n) is 3.70. The van der Waals surface area contributed by atoms with Gasteiger partial charge in [0.15, 0.2) is 0 Å². The van der Waals surface area contributed by atoms with E-state index in [1.54, 1.807) is 22.9 Å². The molecule has 6 nitrogen and oxygen atoms in total. The normalized spacial score (nSPS) is 13.0. The Balaban J connectivity index is 1.36. The first-order chi connectivity index (χ1) is 15.2. The molecule has 1 aliphatic rings. The number of nitrogens with one attached hydrogen (secondary N) is 3. The molecular weight excluding hydrogens is 408 g/mol. The van der Waals surface area contributed by atoms with Crippen LogP contribution in [0.2, 0.25) is 0 Å². The number of fused-ring (bicyclic) bond motifs is 2. The Labute approximate surface area is 183 Å². The number of carbonyl (C=O) groups excluding carboxylic acids is 2. The summed E-state index contributed by atoms with van der Waals surface area (Å²) < 4.78 is 0. The van der Waals surface area contributed by atoms with E-state index < -0.39 is 0 Å². The summed E-state index contributed by atoms with van der Waals surface area (Å²) in [4.78, 5) is 31.6. The molecule has 4 aromatic rings. The predicted molar refractivity (Wildman–Crippen MR) is 126 cm³/mol. The molecule has 0 fully saturated rings. The van der Waals surface area contributed by atoms with Gasteiger partial charge in [0.2, 0.25) is 0 Å². The number of rotatable bonds is 3. The van der Waals surface area contributed by atoms with Crippen molar-refractivity contribution < 1.29 is 9.59 Å². The van der Waals surface area contributed by atoms with Crippen molar-refractivity contribution in [3.63, 3.8) is 0 Å². The fourth-order valence-corrected chi connectivity index (χ4v) is 4.68. The summed E-state index contributed by atoms with van der Waals surface area (Å²) in [5, 5.41) is 6.71. The zero-order valence-corrected chi connectivity index (χ0v) is 17.4. The van der Waals surface area contributed by atoms with Crippen LogP contribution in [0.5, 0.6) is 0 Å². The van der Waals surface area contributed by atoms with Gasteiger partial charge in [-0.3, -0.25) is 4.79 Å². The molecule has 0 saturated carbocycles.